The zero-order chi connectivity index (χ0) is 26.7. The Balaban J connectivity index is 0.00000353. The molecule has 2 aliphatic rings. The molecule has 0 aliphatic carbocycles. The molecule has 1 atom stereocenters. The van der Waals surface area contributed by atoms with E-state index in [4.69, 9.17) is 11.6 Å². The number of β-amino-alcohol motifs (C(OH)–C–C–N with tert-alkyl or cyclic N) is 1. The lowest BCUT2D eigenvalue weighted by Crippen LogP contribution is -2.53. The maximum absolute atomic E-state index is 14.0. The Morgan fingerprint density at radius 3 is 1.90 bits per heavy atom. The molecule has 3 aromatic carbocycles. The van der Waals surface area contributed by atoms with Gasteiger partial charge in [-0.1, -0.05) is 84.4 Å². The average molecular weight is 570 g/mol. The number of benzene rings is 3. The minimum atomic E-state index is -1.33. The van der Waals surface area contributed by atoms with Crippen molar-refractivity contribution in [3.8, 4) is 0 Å². The number of nitrogens with zero attached hydrogens (tertiary/aromatic N) is 4. The third-order valence-corrected chi connectivity index (χ3v) is 7.87. The van der Waals surface area contributed by atoms with Crippen LogP contribution < -0.4 is 4.90 Å². The monoisotopic (exact) mass is 568 g/mol. The van der Waals surface area contributed by atoms with Crippen LogP contribution in [0, 0.1) is 0 Å². The second kappa shape index (κ2) is 12.4. The lowest BCUT2D eigenvalue weighted by molar-refractivity contribution is -0.132. The van der Waals surface area contributed by atoms with Gasteiger partial charge in [-0.3, -0.25) is 19.5 Å². The summed E-state index contributed by atoms with van der Waals surface area (Å²) in [4.78, 5) is 35.0. The molecule has 1 N–H and O–H groups in total. The van der Waals surface area contributed by atoms with Crippen LogP contribution in [0.15, 0.2) is 84.9 Å². The van der Waals surface area contributed by atoms with Gasteiger partial charge in [0.2, 0.25) is 0 Å². The van der Waals surface area contributed by atoms with E-state index in [-0.39, 0.29) is 37.4 Å². The number of likely N-dealkylation sites (N-methyl/N-ethyl adjacent to an activating group) is 1. The van der Waals surface area contributed by atoms with Crippen molar-refractivity contribution in [2.45, 2.75) is 18.6 Å². The zero-order valence-electron chi connectivity index (χ0n) is 21.9. The number of imide groups is 1. The number of hydrogen-bond donors (Lipinski definition) is 1. The number of para-hydroxylation sites is 1. The Bertz CT molecular complexity index is 1230. The fraction of sp³-hybridized carbons (Fsp3) is 0.333. The molecule has 0 saturated carbocycles. The summed E-state index contributed by atoms with van der Waals surface area (Å²) in [6.45, 7) is 5.61. The van der Waals surface area contributed by atoms with E-state index >= 15 is 0 Å². The summed E-state index contributed by atoms with van der Waals surface area (Å²) in [7, 11) is 0. The smallest absolute Gasteiger partial charge is 0.328 e. The maximum atomic E-state index is 14.0. The van der Waals surface area contributed by atoms with Gasteiger partial charge in [0, 0.05) is 39.3 Å². The van der Waals surface area contributed by atoms with E-state index in [1.165, 1.54) is 4.90 Å². The first kappa shape index (κ1) is 28.9. The highest BCUT2D eigenvalue weighted by atomic mass is 35.5. The Hall–Kier alpha value is -3.10. The zero-order valence-corrected chi connectivity index (χ0v) is 23.5. The van der Waals surface area contributed by atoms with E-state index in [0.717, 1.165) is 36.9 Å². The number of aliphatic hydroxyl groups is 1. The van der Waals surface area contributed by atoms with Crippen LogP contribution in [0.3, 0.4) is 0 Å². The number of rotatable bonds is 8. The van der Waals surface area contributed by atoms with Gasteiger partial charge in [-0.05, 0) is 30.2 Å². The van der Waals surface area contributed by atoms with Gasteiger partial charge < -0.3 is 10.0 Å². The highest BCUT2D eigenvalue weighted by Crippen LogP contribution is 2.43. The first-order valence-corrected chi connectivity index (χ1v) is 13.5. The highest BCUT2D eigenvalue weighted by Gasteiger charge is 2.59. The predicted octanol–water partition coefficient (Wildman–Crippen LogP) is 4.47. The van der Waals surface area contributed by atoms with Gasteiger partial charge in [0.05, 0.1) is 23.4 Å². The molecule has 2 saturated heterocycles. The van der Waals surface area contributed by atoms with Gasteiger partial charge in [-0.15, -0.1) is 12.4 Å². The summed E-state index contributed by atoms with van der Waals surface area (Å²) in [5.41, 5.74) is 1.10. The number of hydrogen-bond acceptors (Lipinski definition) is 5. The fourth-order valence-electron chi connectivity index (χ4n) is 5.71. The molecule has 0 radical (unpaired) electrons. The van der Waals surface area contributed by atoms with Crippen LogP contribution in [0.25, 0.3) is 0 Å². The van der Waals surface area contributed by atoms with E-state index in [1.807, 2.05) is 84.9 Å². The van der Waals surface area contributed by atoms with Crippen LogP contribution in [0.1, 0.15) is 18.1 Å². The van der Waals surface area contributed by atoms with Gasteiger partial charge in [-0.2, -0.15) is 0 Å². The summed E-state index contributed by atoms with van der Waals surface area (Å²) >= 11 is 6.39. The highest BCUT2D eigenvalue weighted by molar-refractivity contribution is 6.33. The fourth-order valence-corrected chi connectivity index (χ4v) is 5.97. The molecule has 0 aromatic heterocycles. The van der Waals surface area contributed by atoms with Gasteiger partial charge >= 0.3 is 6.03 Å². The lowest BCUT2D eigenvalue weighted by Gasteiger charge is -2.39. The Labute approximate surface area is 241 Å². The number of aliphatic hydroxyl groups excluding tert-OH is 1. The summed E-state index contributed by atoms with van der Waals surface area (Å²) in [5, 5.41) is 12.0. The molecule has 2 fully saturated rings. The van der Waals surface area contributed by atoms with Crippen molar-refractivity contribution >= 4 is 41.6 Å². The second-order valence-electron chi connectivity index (χ2n) is 9.78. The predicted molar refractivity (Wildman–Crippen MR) is 157 cm³/mol. The number of halogens is 2. The van der Waals surface area contributed by atoms with Crippen LogP contribution in [-0.4, -0.2) is 83.7 Å². The van der Waals surface area contributed by atoms with Crippen LogP contribution in [0.4, 0.5) is 10.5 Å². The summed E-state index contributed by atoms with van der Waals surface area (Å²) in [6, 6.07) is 26.2. The first-order valence-electron chi connectivity index (χ1n) is 13.1. The molecular weight excluding hydrogens is 535 g/mol. The third kappa shape index (κ3) is 5.37. The Kier molecular flexibility index (Phi) is 9.18. The second-order valence-corrected chi connectivity index (χ2v) is 10.2. The summed E-state index contributed by atoms with van der Waals surface area (Å²) < 4.78 is 0. The summed E-state index contributed by atoms with van der Waals surface area (Å²) in [6.07, 6.45) is -0.831. The van der Waals surface area contributed by atoms with Gasteiger partial charge in [0.25, 0.3) is 5.91 Å². The van der Waals surface area contributed by atoms with E-state index in [1.54, 1.807) is 11.8 Å². The van der Waals surface area contributed by atoms with Crippen molar-refractivity contribution in [1.82, 2.24) is 14.7 Å². The standard InChI is InChI=1S/C30H33ClN4O3.ClH/c1-2-34-28(37)30(23-11-5-3-6-12-23,24-13-7-4-8-14-24)35(29(34)38)22-25(36)21-32-17-19-33(20-18-32)27-16-10-9-15-26(27)31;/h3-16,25,36H,2,17-22H2,1H3;1H. The molecule has 2 aliphatic heterocycles. The van der Waals surface area contributed by atoms with Crippen LogP contribution in [-0.2, 0) is 10.3 Å². The van der Waals surface area contributed by atoms with Crippen molar-refractivity contribution < 1.29 is 14.7 Å². The molecule has 9 heteroatoms. The van der Waals surface area contributed by atoms with E-state index in [2.05, 4.69) is 9.80 Å². The molecule has 0 bridgehead atoms. The van der Waals surface area contributed by atoms with Crippen LogP contribution >= 0.6 is 24.0 Å². The SMILES string of the molecule is CCN1C(=O)N(CC(O)CN2CCN(c3ccccc3Cl)CC2)C(c2ccccc2)(c2ccccc2)C1=O.Cl. The number of anilines is 1. The molecule has 2 heterocycles. The van der Waals surface area contributed by atoms with Crippen LogP contribution in [0.5, 0.6) is 0 Å². The topological polar surface area (TPSA) is 67.3 Å². The van der Waals surface area contributed by atoms with E-state index < -0.39 is 11.6 Å². The normalized spacial score (nSPS) is 18.3. The van der Waals surface area contributed by atoms with Gasteiger partial charge in [0.1, 0.15) is 0 Å². The molecule has 3 amide bonds. The molecule has 39 heavy (non-hydrogen) atoms. The van der Waals surface area contributed by atoms with Crippen molar-refractivity contribution in [3.63, 3.8) is 0 Å². The van der Waals surface area contributed by atoms with Crippen molar-refractivity contribution in [2.75, 3.05) is 50.7 Å². The third-order valence-electron chi connectivity index (χ3n) is 7.55. The number of amides is 3. The summed E-state index contributed by atoms with van der Waals surface area (Å²) in [5.74, 6) is -0.289. The molecule has 0 spiro atoms. The minimum absolute atomic E-state index is 0. The molecule has 206 valence electrons. The van der Waals surface area contributed by atoms with E-state index in [9.17, 15) is 14.7 Å². The molecular formula is C30H34Cl2N4O3. The number of carbonyl (C=O) groups excluding carboxylic acids is 2. The Morgan fingerprint density at radius 2 is 1.36 bits per heavy atom. The van der Waals surface area contributed by atoms with Gasteiger partial charge in [-0.25, -0.2) is 4.79 Å². The number of urea groups is 1. The quantitative estimate of drug-likeness (QED) is 0.406. The first-order chi connectivity index (χ1) is 18.5. The number of piperazine rings is 1. The maximum Gasteiger partial charge on any atom is 0.328 e. The van der Waals surface area contributed by atoms with Crippen LogP contribution in [0.2, 0.25) is 5.02 Å². The van der Waals surface area contributed by atoms with Crippen molar-refractivity contribution in [2.24, 2.45) is 0 Å². The molecule has 1 unspecified atom stereocenters. The molecule has 5 rings (SSSR count). The van der Waals surface area contributed by atoms with Crippen molar-refractivity contribution in [1.29, 1.82) is 0 Å². The minimum Gasteiger partial charge on any atom is -0.390 e. The molecule has 7 nitrogen and oxygen atoms in total. The van der Waals surface area contributed by atoms with Gasteiger partial charge in [0.15, 0.2) is 5.54 Å². The van der Waals surface area contributed by atoms with Crippen molar-refractivity contribution in [3.05, 3.63) is 101 Å². The lowest BCUT2D eigenvalue weighted by atomic mass is 9.81. The average Bonchev–Trinajstić information content (AvgIpc) is 3.16. The van der Waals surface area contributed by atoms with E-state index in [0.29, 0.717) is 17.7 Å². The largest absolute Gasteiger partial charge is 0.390 e. The Morgan fingerprint density at radius 1 is 0.821 bits per heavy atom. The number of carbonyl (C=O) groups is 2. The molecule has 3 aromatic rings.